The Morgan fingerprint density at radius 2 is 0.893 bits per heavy atom. The third-order valence-corrected chi connectivity index (χ3v) is 13.0. The lowest BCUT2D eigenvalue weighted by molar-refractivity contribution is -0.401. The van der Waals surface area contributed by atoms with E-state index in [1.165, 1.54) is 78.0 Å². The second-order valence-corrected chi connectivity index (χ2v) is 17.0. The molecule has 2 heterocycles. The van der Waals surface area contributed by atoms with Crippen LogP contribution < -0.4 is 26.8 Å². The van der Waals surface area contributed by atoms with Gasteiger partial charge in [0.2, 0.25) is 5.69 Å². The Bertz CT molecular complexity index is 2320. The van der Waals surface area contributed by atoms with Crippen LogP contribution in [0.3, 0.4) is 0 Å². The number of benzene rings is 6. The van der Waals surface area contributed by atoms with E-state index in [0.717, 1.165) is 0 Å². The zero-order valence-corrected chi connectivity index (χ0v) is 35.1. The van der Waals surface area contributed by atoms with Crippen molar-refractivity contribution >= 4 is 45.1 Å². The van der Waals surface area contributed by atoms with Gasteiger partial charge in [-0.25, -0.2) is 0 Å². The molecule has 8 rings (SSSR count). The summed E-state index contributed by atoms with van der Waals surface area (Å²) in [5.41, 5.74) is 19.1. The van der Waals surface area contributed by atoms with Gasteiger partial charge in [-0.1, -0.05) is 176 Å². The highest BCUT2D eigenvalue weighted by Crippen LogP contribution is 2.46. The average Bonchev–Trinajstić information content (AvgIpc) is 3.51. The van der Waals surface area contributed by atoms with Crippen LogP contribution in [0.1, 0.15) is 61.1 Å². The molecule has 2 aliphatic heterocycles. The van der Waals surface area contributed by atoms with E-state index in [1.54, 1.807) is 0 Å². The zero-order valence-electron chi connectivity index (χ0n) is 35.1. The molecule has 0 fully saturated rings. The lowest BCUT2D eigenvalue weighted by atomic mass is 9.11. The van der Waals surface area contributed by atoms with Gasteiger partial charge in [0.05, 0.1) is 5.41 Å². The molecule has 0 radical (unpaired) electrons. The molecule has 282 valence electrons. The van der Waals surface area contributed by atoms with Gasteiger partial charge in [-0.2, -0.15) is 26.4 Å². The quantitative estimate of drug-likeness (QED) is 0.122. The van der Waals surface area contributed by atoms with E-state index in [-0.39, 0.29) is 10.8 Å². The maximum Gasteiger partial charge on any atom is 0.209 e. The van der Waals surface area contributed by atoms with Crippen LogP contribution in [0.25, 0.3) is 0 Å². The Labute approximate surface area is 336 Å². The van der Waals surface area contributed by atoms with Crippen molar-refractivity contribution in [1.82, 2.24) is 0 Å². The third-order valence-electron chi connectivity index (χ3n) is 13.0. The molecule has 56 heavy (non-hydrogen) atoms. The first kappa shape index (κ1) is 38.6. The summed E-state index contributed by atoms with van der Waals surface area (Å²) in [6.07, 6.45) is 5.46. The van der Waals surface area contributed by atoms with Gasteiger partial charge in [-0.05, 0) is 59.2 Å². The van der Waals surface area contributed by atoms with Gasteiger partial charge in [-0.15, -0.1) is 0 Å². The second kappa shape index (κ2) is 15.1. The number of allylic oxidation sites excluding steroid dienone is 4. The summed E-state index contributed by atoms with van der Waals surface area (Å²) in [6, 6.07) is 53.1. The Balaban J connectivity index is 0.000000172. The lowest BCUT2D eigenvalue weighted by Gasteiger charge is -2.48. The van der Waals surface area contributed by atoms with Crippen LogP contribution in [0.4, 0.5) is 11.4 Å². The zero-order chi connectivity index (χ0) is 39.8. The van der Waals surface area contributed by atoms with Gasteiger partial charge in [-0.3, -0.25) is 0 Å². The van der Waals surface area contributed by atoms with Gasteiger partial charge in [0.25, 0.3) is 0 Å². The van der Waals surface area contributed by atoms with E-state index in [2.05, 4.69) is 243 Å². The first-order chi connectivity index (χ1) is 26.8. The summed E-state index contributed by atoms with van der Waals surface area (Å²) < 4.78 is 2.32. The molecule has 0 atom stereocenters. The molecule has 6 aromatic rings. The van der Waals surface area contributed by atoms with Gasteiger partial charge in [0, 0.05) is 41.6 Å². The van der Waals surface area contributed by atoms with Crippen molar-refractivity contribution < 1.29 is 4.58 Å². The number of hydrogen-bond acceptors (Lipinski definition) is 1. The minimum atomic E-state index is -1.32. The third kappa shape index (κ3) is 6.38. The average molecular weight is 733 g/mol. The molecule has 0 aliphatic carbocycles. The molecule has 0 saturated heterocycles. The summed E-state index contributed by atoms with van der Waals surface area (Å²) >= 11 is 0. The molecule has 0 N–H and O–H groups in total. The number of hydrogen-bond donors (Lipinski definition) is 0. The fourth-order valence-corrected chi connectivity index (χ4v) is 10.1. The molecule has 0 amide bonds. The van der Waals surface area contributed by atoms with Crippen molar-refractivity contribution in [2.24, 2.45) is 0 Å². The number of rotatable bonds is 6. The van der Waals surface area contributed by atoms with Crippen LogP contribution in [-0.4, -0.2) is 30.5 Å². The predicted molar refractivity (Wildman–Crippen MR) is 244 cm³/mol. The number of aryl methyl sites for hydroxylation is 4. The Morgan fingerprint density at radius 3 is 1.32 bits per heavy atom. The molecule has 0 aromatic heterocycles. The predicted octanol–water partition coefficient (Wildman–Crippen LogP) is 9.86. The van der Waals surface area contributed by atoms with Crippen LogP contribution in [0.5, 0.6) is 0 Å². The summed E-state index contributed by atoms with van der Waals surface area (Å²) in [6.45, 7) is 18.2. The lowest BCUT2D eigenvalue weighted by Crippen LogP contribution is -2.76. The van der Waals surface area contributed by atoms with Crippen molar-refractivity contribution in [3.8, 4) is 0 Å². The summed E-state index contributed by atoms with van der Waals surface area (Å²) in [5, 5.41) is 0. The molecule has 2 nitrogen and oxygen atoms in total. The smallest absolute Gasteiger partial charge is 0.209 e. The monoisotopic (exact) mass is 732 g/mol. The van der Waals surface area contributed by atoms with Crippen LogP contribution in [-0.2, 0) is 10.8 Å². The van der Waals surface area contributed by atoms with Crippen molar-refractivity contribution in [3.63, 3.8) is 0 Å². The Hall–Kier alpha value is -5.67. The van der Waals surface area contributed by atoms with E-state index in [1.807, 2.05) is 0 Å². The van der Waals surface area contributed by atoms with E-state index >= 15 is 0 Å². The van der Waals surface area contributed by atoms with E-state index in [0.29, 0.717) is 0 Å². The number of para-hydroxylation sites is 2. The van der Waals surface area contributed by atoms with Crippen molar-refractivity contribution in [1.29, 1.82) is 0 Å². The number of likely N-dealkylation sites (N-methyl/N-ethyl adjacent to an activating group) is 1. The molecule has 0 saturated carbocycles. The highest BCUT2D eigenvalue weighted by molar-refractivity contribution is 7.20. The number of fused-ring (bicyclic) bond motifs is 2. The fraction of sp³-hybridized carbons (Fsp3) is 0.226. The van der Waals surface area contributed by atoms with E-state index in [4.69, 9.17) is 0 Å². The maximum absolute atomic E-state index is 2.33. The standard InChI is InChI=1S/C28H28B.C25H29N2/c1-21-13-5-9-17-25(21)29(26-18-10-6-14-22(26)2,27-19-11-7-15-23(27)3)28-20-12-8-16-24(28)4;1-24(2)18-12-7-9-14-20(18)26(5)22(24)16-11-17-23-25(3,4)19-13-8-10-15-21(19)27(23)6/h5-20H,1-4H3;7-17H,1-6H3/q-1;+1. The van der Waals surface area contributed by atoms with Crippen molar-refractivity contribution in [2.45, 2.75) is 66.2 Å². The van der Waals surface area contributed by atoms with Crippen LogP contribution in [0.2, 0.25) is 0 Å². The molecular weight excluding hydrogens is 675 g/mol. The minimum absolute atomic E-state index is 0.0143. The topological polar surface area (TPSA) is 6.25 Å². The number of nitrogens with zero attached hydrogens (tertiary/aromatic N) is 2. The first-order valence-electron chi connectivity index (χ1n) is 20.2. The summed E-state index contributed by atoms with van der Waals surface area (Å²) in [7, 11) is 4.34. The van der Waals surface area contributed by atoms with Gasteiger partial charge in [0.1, 0.15) is 13.2 Å². The van der Waals surface area contributed by atoms with Crippen LogP contribution in [0.15, 0.2) is 170 Å². The molecule has 0 spiro atoms. The normalized spacial score (nSPS) is 16.2. The van der Waals surface area contributed by atoms with Crippen molar-refractivity contribution in [2.75, 3.05) is 19.0 Å². The van der Waals surface area contributed by atoms with Gasteiger partial charge < -0.3 is 4.90 Å². The maximum atomic E-state index is 2.33. The molecule has 0 unspecified atom stereocenters. The fourth-order valence-electron chi connectivity index (χ4n) is 10.1. The van der Waals surface area contributed by atoms with E-state index < -0.39 is 6.15 Å². The van der Waals surface area contributed by atoms with Crippen molar-refractivity contribution in [3.05, 3.63) is 203 Å². The highest BCUT2D eigenvalue weighted by atomic mass is 15.2. The van der Waals surface area contributed by atoms with E-state index in [9.17, 15) is 0 Å². The molecule has 3 heteroatoms. The summed E-state index contributed by atoms with van der Waals surface area (Å²) in [5.74, 6) is 0. The number of anilines is 1. The molecule has 6 aromatic carbocycles. The van der Waals surface area contributed by atoms with Crippen LogP contribution in [0, 0.1) is 27.7 Å². The minimum Gasteiger partial charge on any atom is -0.347 e. The van der Waals surface area contributed by atoms with Gasteiger partial charge >= 0.3 is 0 Å². The largest absolute Gasteiger partial charge is 0.347 e. The molecular formula is C53H57BN2. The summed E-state index contributed by atoms with van der Waals surface area (Å²) in [4.78, 5) is 2.32. The second-order valence-electron chi connectivity index (χ2n) is 17.0. The van der Waals surface area contributed by atoms with Gasteiger partial charge in [0.15, 0.2) is 5.71 Å². The Kier molecular flexibility index (Phi) is 10.4. The first-order valence-corrected chi connectivity index (χ1v) is 20.2. The van der Waals surface area contributed by atoms with Crippen LogP contribution >= 0.6 is 0 Å². The highest BCUT2D eigenvalue weighted by Gasteiger charge is 2.43. The SMILES string of the molecule is CN1/C(=C/C=C/C2=[N+](C)c3ccccc3C2(C)C)C(C)(C)c2ccccc21.Cc1ccccc1[B-](c1ccccc1C)(c1ccccc1C)c1ccccc1C. The molecule has 2 aliphatic rings. The Morgan fingerprint density at radius 1 is 0.500 bits per heavy atom. The molecule has 0 bridgehead atoms.